The number of benzene rings is 1. The average molecular weight is 343 g/mol. The molecule has 0 aliphatic heterocycles. The zero-order valence-corrected chi connectivity index (χ0v) is 14.4. The summed E-state index contributed by atoms with van der Waals surface area (Å²) in [5, 5.41) is 0.111. The van der Waals surface area contributed by atoms with E-state index in [1.165, 1.54) is 17.4 Å². The molecule has 128 valence electrons. The van der Waals surface area contributed by atoms with Crippen LogP contribution in [0.1, 0.15) is 50.6 Å². The molecule has 1 saturated carbocycles. The van der Waals surface area contributed by atoms with E-state index in [4.69, 9.17) is 0 Å². The third-order valence-electron chi connectivity index (χ3n) is 4.59. The van der Waals surface area contributed by atoms with E-state index in [0.29, 0.717) is 5.56 Å². The Morgan fingerprint density at radius 2 is 1.91 bits per heavy atom. The number of hydrogen-bond acceptors (Lipinski definition) is 2. The molecule has 1 amide bonds. The maximum atomic E-state index is 13.3. The Hall–Kier alpha value is -1.30. The summed E-state index contributed by atoms with van der Waals surface area (Å²) >= 11 is 0. The van der Waals surface area contributed by atoms with Crippen molar-refractivity contribution in [1.82, 2.24) is 4.90 Å². The van der Waals surface area contributed by atoms with Crippen molar-refractivity contribution in [1.29, 1.82) is 0 Å². The van der Waals surface area contributed by atoms with Crippen LogP contribution in [0.15, 0.2) is 18.2 Å². The number of carbonyl (C=O) groups excluding carboxylic acids is 1. The molecule has 1 fully saturated rings. The van der Waals surface area contributed by atoms with Gasteiger partial charge < -0.3 is 4.90 Å². The molecule has 2 rings (SSSR count). The van der Waals surface area contributed by atoms with Crippen LogP contribution < -0.4 is 0 Å². The van der Waals surface area contributed by atoms with Crippen molar-refractivity contribution in [2.75, 3.05) is 12.8 Å². The van der Waals surface area contributed by atoms with Crippen LogP contribution >= 0.6 is 0 Å². The highest BCUT2D eigenvalue weighted by Crippen LogP contribution is 2.24. The van der Waals surface area contributed by atoms with Crippen LogP contribution in [0.4, 0.5) is 8.78 Å². The molecule has 1 aliphatic rings. The SMILES string of the molecule is C[C@@H](c1ccc(F)c(F)c1)N(C)C(=O)C[S@@](=O)C1CCCCC1. The van der Waals surface area contributed by atoms with Crippen molar-refractivity contribution in [3.8, 4) is 0 Å². The minimum atomic E-state index is -1.16. The lowest BCUT2D eigenvalue weighted by atomic mass is 10.0. The first-order valence-electron chi connectivity index (χ1n) is 7.98. The van der Waals surface area contributed by atoms with Crippen LogP contribution in [0.25, 0.3) is 0 Å². The lowest BCUT2D eigenvalue weighted by molar-refractivity contribution is -0.129. The minimum absolute atomic E-state index is 0.00478. The number of hydrogen-bond donors (Lipinski definition) is 0. The first kappa shape index (κ1) is 18.0. The molecule has 3 nitrogen and oxygen atoms in total. The highest BCUT2D eigenvalue weighted by atomic mass is 32.2. The summed E-state index contributed by atoms with van der Waals surface area (Å²) in [5.41, 5.74) is 0.517. The molecule has 1 aromatic carbocycles. The van der Waals surface area contributed by atoms with E-state index < -0.39 is 28.5 Å². The summed E-state index contributed by atoms with van der Waals surface area (Å²) < 4.78 is 38.7. The van der Waals surface area contributed by atoms with Crippen molar-refractivity contribution in [3.63, 3.8) is 0 Å². The molecule has 0 heterocycles. The third kappa shape index (κ3) is 4.59. The largest absolute Gasteiger partial charge is 0.338 e. The predicted octanol–water partition coefficient (Wildman–Crippen LogP) is 3.57. The van der Waals surface area contributed by atoms with E-state index in [-0.39, 0.29) is 16.9 Å². The quantitative estimate of drug-likeness (QED) is 0.820. The topological polar surface area (TPSA) is 37.4 Å². The van der Waals surface area contributed by atoms with Crippen molar-refractivity contribution in [3.05, 3.63) is 35.4 Å². The van der Waals surface area contributed by atoms with Gasteiger partial charge in [-0.2, -0.15) is 0 Å². The fourth-order valence-corrected chi connectivity index (χ4v) is 4.42. The molecule has 0 aromatic heterocycles. The number of carbonyl (C=O) groups is 1. The molecule has 0 radical (unpaired) electrons. The van der Waals surface area contributed by atoms with Crippen LogP contribution in [0.5, 0.6) is 0 Å². The van der Waals surface area contributed by atoms with Crippen LogP contribution in [0, 0.1) is 11.6 Å². The van der Waals surface area contributed by atoms with Gasteiger partial charge in [-0.25, -0.2) is 8.78 Å². The maximum absolute atomic E-state index is 13.3. The highest BCUT2D eigenvalue weighted by Gasteiger charge is 2.25. The van der Waals surface area contributed by atoms with Crippen LogP contribution in [-0.4, -0.2) is 33.1 Å². The van der Waals surface area contributed by atoms with Gasteiger partial charge in [0.05, 0.1) is 6.04 Å². The van der Waals surface area contributed by atoms with Crippen LogP contribution in [-0.2, 0) is 15.6 Å². The summed E-state index contributed by atoms with van der Waals surface area (Å²) in [5.74, 6) is -2.07. The van der Waals surface area contributed by atoms with Gasteiger partial charge in [-0.1, -0.05) is 25.3 Å². The molecular weight excluding hydrogens is 320 g/mol. The molecule has 6 heteroatoms. The van der Waals surface area contributed by atoms with E-state index in [0.717, 1.165) is 37.8 Å². The van der Waals surface area contributed by atoms with Gasteiger partial charge in [-0.15, -0.1) is 0 Å². The number of halogens is 2. The van der Waals surface area contributed by atoms with Crippen molar-refractivity contribution < 1.29 is 17.8 Å². The van der Waals surface area contributed by atoms with E-state index in [1.807, 2.05) is 0 Å². The molecule has 0 unspecified atom stereocenters. The fourth-order valence-electron chi connectivity index (χ4n) is 2.88. The number of nitrogens with zero attached hydrogens (tertiary/aromatic N) is 1. The molecule has 1 aliphatic carbocycles. The first-order chi connectivity index (χ1) is 10.9. The van der Waals surface area contributed by atoms with Gasteiger partial charge in [0.15, 0.2) is 11.6 Å². The zero-order valence-electron chi connectivity index (χ0n) is 13.6. The molecule has 0 spiro atoms. The lowest BCUT2D eigenvalue weighted by Gasteiger charge is -2.27. The average Bonchev–Trinajstić information content (AvgIpc) is 2.56. The van der Waals surface area contributed by atoms with Gasteiger partial charge >= 0.3 is 0 Å². The van der Waals surface area contributed by atoms with Gasteiger partial charge in [-0.05, 0) is 37.5 Å². The molecule has 0 saturated heterocycles. The zero-order chi connectivity index (χ0) is 17.0. The van der Waals surface area contributed by atoms with Crippen molar-refractivity contribution >= 4 is 16.7 Å². The van der Waals surface area contributed by atoms with Gasteiger partial charge in [-0.3, -0.25) is 9.00 Å². The molecule has 1 aromatic rings. The van der Waals surface area contributed by atoms with Crippen LogP contribution in [0.3, 0.4) is 0 Å². The van der Waals surface area contributed by atoms with Gasteiger partial charge in [0.1, 0.15) is 5.75 Å². The first-order valence-corrected chi connectivity index (χ1v) is 9.36. The Bertz CT molecular complexity index is 588. The van der Waals surface area contributed by atoms with Crippen molar-refractivity contribution in [2.45, 2.75) is 50.3 Å². The van der Waals surface area contributed by atoms with Gasteiger partial charge in [0.25, 0.3) is 0 Å². The second-order valence-corrected chi connectivity index (χ2v) is 7.86. The van der Waals surface area contributed by atoms with E-state index >= 15 is 0 Å². The van der Waals surface area contributed by atoms with Crippen LogP contribution in [0.2, 0.25) is 0 Å². The van der Waals surface area contributed by atoms with E-state index in [2.05, 4.69) is 0 Å². The molecule has 23 heavy (non-hydrogen) atoms. The molecule has 0 bridgehead atoms. The number of amides is 1. The summed E-state index contributed by atoms with van der Waals surface area (Å²) in [7, 11) is 0.440. The Morgan fingerprint density at radius 3 is 2.52 bits per heavy atom. The van der Waals surface area contributed by atoms with E-state index in [9.17, 15) is 17.8 Å². The predicted molar refractivity (Wildman–Crippen MR) is 87.4 cm³/mol. The summed E-state index contributed by atoms with van der Waals surface area (Å²) in [6.07, 6.45) is 5.16. The lowest BCUT2D eigenvalue weighted by Crippen LogP contribution is -2.35. The van der Waals surface area contributed by atoms with E-state index in [1.54, 1.807) is 14.0 Å². The minimum Gasteiger partial charge on any atom is -0.338 e. The fraction of sp³-hybridized carbons (Fsp3) is 0.588. The Balaban J connectivity index is 1.97. The summed E-state index contributed by atoms with van der Waals surface area (Å²) in [4.78, 5) is 13.8. The Kier molecular flexibility index (Phi) is 6.27. The second kappa shape index (κ2) is 7.99. The van der Waals surface area contributed by atoms with Gasteiger partial charge in [0, 0.05) is 23.1 Å². The Labute approximate surface area is 138 Å². The highest BCUT2D eigenvalue weighted by molar-refractivity contribution is 7.86. The third-order valence-corrected chi connectivity index (χ3v) is 6.34. The molecule has 0 N–H and O–H groups in total. The maximum Gasteiger partial charge on any atom is 0.235 e. The monoisotopic (exact) mass is 343 g/mol. The second-order valence-electron chi connectivity index (χ2n) is 6.14. The normalized spacial score (nSPS) is 18.4. The smallest absolute Gasteiger partial charge is 0.235 e. The summed E-state index contributed by atoms with van der Waals surface area (Å²) in [6, 6.07) is 3.22. The molecular formula is C17H23F2NO2S. The molecule has 2 atom stereocenters. The van der Waals surface area contributed by atoms with Gasteiger partial charge in [0.2, 0.25) is 5.91 Å². The van der Waals surface area contributed by atoms with Crippen molar-refractivity contribution in [2.24, 2.45) is 0 Å². The number of rotatable bonds is 5. The standard InChI is InChI=1S/C17H23F2NO2S/c1-12(13-8-9-15(18)16(19)10-13)20(2)17(21)11-23(22)14-6-4-3-5-7-14/h8-10,12,14H,3-7,11H2,1-2H3/t12-,23+/m0/s1. The Morgan fingerprint density at radius 1 is 1.26 bits per heavy atom. The summed E-state index contributed by atoms with van der Waals surface area (Å²) in [6.45, 7) is 1.74.